The minimum Gasteiger partial charge on any atom is -0.468 e. The van der Waals surface area contributed by atoms with Crippen LogP contribution in [0.1, 0.15) is 6.92 Å². The zero-order valence-electron chi connectivity index (χ0n) is 14.2. The normalized spacial score (nSPS) is 11.6. The standard InChI is InChI=1S/C17H16N4O4S/c1-10(19)12(7-18)14(22)9-26-17-20-13-6-4-3-5-11(13)16(24)21(17)8-15(23)25-2/h3-6,12,19H,8-9H2,1-2H3. The number of thioether (sulfide) groups is 1. The summed E-state index contributed by atoms with van der Waals surface area (Å²) >= 11 is 0.944. The summed E-state index contributed by atoms with van der Waals surface area (Å²) in [7, 11) is 1.21. The number of esters is 1. The summed E-state index contributed by atoms with van der Waals surface area (Å²) < 4.78 is 5.76. The number of carbonyl (C=O) groups excluding carboxylic acids is 2. The Bertz CT molecular complexity index is 977. The zero-order chi connectivity index (χ0) is 19.3. The lowest BCUT2D eigenvalue weighted by Gasteiger charge is -2.12. The Morgan fingerprint density at radius 2 is 2.12 bits per heavy atom. The number of nitriles is 1. The maximum Gasteiger partial charge on any atom is 0.325 e. The van der Waals surface area contributed by atoms with Crippen molar-refractivity contribution < 1.29 is 14.3 Å². The Morgan fingerprint density at radius 1 is 1.42 bits per heavy atom. The fraction of sp³-hybridized carbons (Fsp3) is 0.294. The van der Waals surface area contributed by atoms with Crippen LogP contribution in [0.15, 0.2) is 34.2 Å². The van der Waals surface area contributed by atoms with E-state index in [2.05, 4.69) is 9.72 Å². The van der Waals surface area contributed by atoms with Crippen LogP contribution in [-0.4, -0.2) is 39.9 Å². The molecule has 8 nitrogen and oxygen atoms in total. The van der Waals surface area contributed by atoms with Crippen molar-refractivity contribution in [1.29, 1.82) is 10.7 Å². The van der Waals surface area contributed by atoms with E-state index in [9.17, 15) is 14.4 Å². The number of nitrogens with one attached hydrogen (secondary N) is 1. The monoisotopic (exact) mass is 372 g/mol. The third-order valence-electron chi connectivity index (χ3n) is 3.57. The lowest BCUT2D eigenvalue weighted by atomic mass is 10.0. The molecule has 0 amide bonds. The number of rotatable bonds is 7. The Hall–Kier alpha value is -2.99. The summed E-state index contributed by atoms with van der Waals surface area (Å²) in [6.07, 6.45) is 0. The number of Topliss-reactive ketones (excluding diaryl/α,β-unsaturated/α-hetero) is 1. The molecule has 0 saturated carbocycles. The van der Waals surface area contributed by atoms with Crippen LogP contribution in [0.2, 0.25) is 0 Å². The predicted octanol–water partition coefficient (Wildman–Crippen LogP) is 1.41. The van der Waals surface area contributed by atoms with E-state index in [1.54, 1.807) is 30.3 Å². The molecule has 0 bridgehead atoms. The SMILES string of the molecule is COC(=O)Cn1c(SCC(=O)C(C#N)C(C)=N)nc2ccccc2c1=O. The van der Waals surface area contributed by atoms with Crippen molar-refractivity contribution >= 4 is 40.1 Å². The van der Waals surface area contributed by atoms with Gasteiger partial charge in [0.1, 0.15) is 12.5 Å². The van der Waals surface area contributed by atoms with Gasteiger partial charge in [-0.05, 0) is 19.1 Å². The highest BCUT2D eigenvalue weighted by molar-refractivity contribution is 7.99. The summed E-state index contributed by atoms with van der Waals surface area (Å²) in [4.78, 5) is 40.8. The molecule has 1 N–H and O–H groups in total. The first-order valence-electron chi connectivity index (χ1n) is 7.55. The number of methoxy groups -OCH3 is 1. The number of ether oxygens (including phenoxy) is 1. The molecule has 0 radical (unpaired) electrons. The number of fused-ring (bicyclic) bond motifs is 1. The lowest BCUT2D eigenvalue weighted by molar-refractivity contribution is -0.141. The maximum atomic E-state index is 12.7. The minimum atomic E-state index is -1.14. The molecule has 2 rings (SSSR count). The van der Waals surface area contributed by atoms with E-state index >= 15 is 0 Å². The fourth-order valence-corrected chi connectivity index (χ4v) is 3.12. The van der Waals surface area contributed by atoms with Crippen LogP contribution in [0.3, 0.4) is 0 Å². The predicted molar refractivity (Wildman–Crippen MR) is 96.3 cm³/mol. The molecule has 0 aliphatic heterocycles. The van der Waals surface area contributed by atoms with Crippen molar-refractivity contribution in [2.24, 2.45) is 5.92 Å². The average Bonchev–Trinajstić information content (AvgIpc) is 2.62. The van der Waals surface area contributed by atoms with Crippen LogP contribution in [0.4, 0.5) is 0 Å². The molecule has 0 fully saturated rings. The van der Waals surface area contributed by atoms with Crippen LogP contribution in [0.25, 0.3) is 10.9 Å². The second kappa shape index (κ2) is 8.40. The first kappa shape index (κ1) is 19.3. The lowest BCUT2D eigenvalue weighted by Crippen LogP contribution is -2.28. The summed E-state index contributed by atoms with van der Waals surface area (Å²) in [5, 5.41) is 17.0. The van der Waals surface area contributed by atoms with E-state index in [-0.39, 0.29) is 23.2 Å². The number of hydrogen-bond acceptors (Lipinski definition) is 8. The van der Waals surface area contributed by atoms with Crippen molar-refractivity contribution in [2.45, 2.75) is 18.6 Å². The van der Waals surface area contributed by atoms with Crippen LogP contribution < -0.4 is 5.56 Å². The van der Waals surface area contributed by atoms with Gasteiger partial charge in [-0.2, -0.15) is 5.26 Å². The highest BCUT2D eigenvalue weighted by Gasteiger charge is 2.22. The topological polar surface area (TPSA) is 126 Å². The number of hydrogen-bond donors (Lipinski definition) is 1. The maximum absolute atomic E-state index is 12.7. The molecule has 1 heterocycles. The van der Waals surface area contributed by atoms with Crippen molar-refractivity contribution in [3.63, 3.8) is 0 Å². The first-order chi connectivity index (χ1) is 12.4. The van der Waals surface area contributed by atoms with Gasteiger partial charge in [-0.15, -0.1) is 0 Å². The molecule has 2 aromatic rings. The molecule has 0 aliphatic carbocycles. The Labute approximate surface area is 153 Å². The highest BCUT2D eigenvalue weighted by Crippen LogP contribution is 2.19. The third-order valence-corrected chi connectivity index (χ3v) is 4.57. The Kier molecular flexibility index (Phi) is 6.25. The molecule has 134 valence electrons. The quantitative estimate of drug-likeness (QED) is 0.337. The van der Waals surface area contributed by atoms with Crippen LogP contribution in [-0.2, 0) is 20.9 Å². The van der Waals surface area contributed by atoms with Crippen molar-refractivity contribution in [3.05, 3.63) is 34.6 Å². The molecule has 1 aromatic heterocycles. The highest BCUT2D eigenvalue weighted by atomic mass is 32.2. The molecule has 9 heteroatoms. The van der Waals surface area contributed by atoms with E-state index in [1.165, 1.54) is 14.0 Å². The summed E-state index contributed by atoms with van der Waals surface area (Å²) in [5.74, 6) is -2.37. The van der Waals surface area contributed by atoms with E-state index in [4.69, 9.17) is 10.7 Å². The van der Waals surface area contributed by atoms with Gasteiger partial charge in [0.15, 0.2) is 10.9 Å². The summed E-state index contributed by atoms with van der Waals surface area (Å²) in [5.41, 5.74) is -0.0267. The molecular weight excluding hydrogens is 356 g/mol. The third kappa shape index (κ3) is 4.15. The molecule has 1 unspecified atom stereocenters. The van der Waals surface area contributed by atoms with E-state index in [1.807, 2.05) is 0 Å². The summed E-state index contributed by atoms with van der Waals surface area (Å²) in [6, 6.07) is 8.46. The van der Waals surface area contributed by atoms with Gasteiger partial charge >= 0.3 is 5.97 Å². The van der Waals surface area contributed by atoms with E-state index in [0.29, 0.717) is 10.9 Å². The van der Waals surface area contributed by atoms with Crippen LogP contribution in [0, 0.1) is 22.7 Å². The van der Waals surface area contributed by atoms with E-state index in [0.717, 1.165) is 16.3 Å². The minimum absolute atomic E-state index is 0.0449. The fourth-order valence-electron chi connectivity index (χ4n) is 2.22. The molecule has 0 aliphatic rings. The second-order valence-electron chi connectivity index (χ2n) is 5.38. The van der Waals surface area contributed by atoms with Gasteiger partial charge in [-0.1, -0.05) is 23.9 Å². The number of para-hydroxylation sites is 1. The molecule has 0 saturated heterocycles. The number of aromatic nitrogens is 2. The van der Waals surface area contributed by atoms with E-state index < -0.39 is 23.2 Å². The Morgan fingerprint density at radius 3 is 2.73 bits per heavy atom. The Balaban J connectivity index is 2.41. The van der Waals surface area contributed by atoms with Gasteiger partial charge < -0.3 is 10.1 Å². The van der Waals surface area contributed by atoms with Gasteiger partial charge in [-0.3, -0.25) is 19.0 Å². The largest absolute Gasteiger partial charge is 0.468 e. The van der Waals surface area contributed by atoms with Crippen molar-refractivity contribution in [3.8, 4) is 6.07 Å². The molecule has 1 aromatic carbocycles. The number of ketones is 1. The van der Waals surface area contributed by atoms with Gasteiger partial charge in [0.2, 0.25) is 0 Å². The van der Waals surface area contributed by atoms with Gasteiger partial charge in [0.05, 0.1) is 29.8 Å². The average molecular weight is 372 g/mol. The van der Waals surface area contributed by atoms with Crippen molar-refractivity contribution in [2.75, 3.05) is 12.9 Å². The van der Waals surface area contributed by atoms with Gasteiger partial charge in [0, 0.05) is 5.71 Å². The second-order valence-corrected chi connectivity index (χ2v) is 6.32. The van der Waals surface area contributed by atoms with Crippen molar-refractivity contribution in [1.82, 2.24) is 9.55 Å². The zero-order valence-corrected chi connectivity index (χ0v) is 15.0. The molecular formula is C17H16N4O4S. The first-order valence-corrected chi connectivity index (χ1v) is 8.54. The summed E-state index contributed by atoms with van der Waals surface area (Å²) in [6.45, 7) is 1.05. The van der Waals surface area contributed by atoms with Crippen LogP contribution >= 0.6 is 11.8 Å². The smallest absolute Gasteiger partial charge is 0.325 e. The van der Waals surface area contributed by atoms with Crippen LogP contribution in [0.5, 0.6) is 0 Å². The molecule has 1 atom stereocenters. The van der Waals surface area contributed by atoms with Gasteiger partial charge in [0.25, 0.3) is 5.56 Å². The molecule has 26 heavy (non-hydrogen) atoms. The molecule has 0 spiro atoms. The number of benzene rings is 1. The van der Waals surface area contributed by atoms with Gasteiger partial charge in [-0.25, -0.2) is 4.98 Å². The number of nitrogens with zero attached hydrogens (tertiary/aromatic N) is 3. The number of carbonyl (C=O) groups is 2.